The molecule has 1 aromatic carbocycles. The Balaban J connectivity index is 1.43. The van der Waals surface area contributed by atoms with Crippen molar-refractivity contribution in [1.82, 2.24) is 24.4 Å². The second-order valence-corrected chi connectivity index (χ2v) is 16.6. The van der Waals surface area contributed by atoms with E-state index in [0.29, 0.717) is 54.6 Å². The molecule has 3 aliphatic rings. The molecule has 11 nitrogen and oxygen atoms in total. The number of halogens is 5. The quantitative estimate of drug-likeness (QED) is 0.180. The van der Waals surface area contributed by atoms with Gasteiger partial charge in [0.2, 0.25) is 0 Å². The van der Waals surface area contributed by atoms with Crippen molar-refractivity contribution in [2.45, 2.75) is 104 Å². The SMILES string of the molecule is CC(C)c1nc(-c2cc(NC(=O)OC(C)(C)C)cc(F)c2OC(F)(F)F)c(F)c2c1c(C1C3CN(C(=O)OC(C)(C)C)CC31)c(-c1ncc[nH]1)n2C1CC1. The molecule has 0 spiro atoms. The molecular weight excluding hydrogens is 715 g/mol. The number of hydrogen-bond donors (Lipinski definition) is 2. The van der Waals surface area contributed by atoms with Crippen LogP contribution in [0.5, 0.6) is 5.75 Å². The minimum Gasteiger partial charge on any atom is -0.444 e. The summed E-state index contributed by atoms with van der Waals surface area (Å²) in [5.74, 6) is -3.74. The van der Waals surface area contributed by atoms with Gasteiger partial charge >= 0.3 is 18.5 Å². The van der Waals surface area contributed by atoms with Crippen LogP contribution in [0.2, 0.25) is 0 Å². The van der Waals surface area contributed by atoms with Crippen molar-refractivity contribution in [1.29, 1.82) is 0 Å². The topological polar surface area (TPSA) is 124 Å². The maximum atomic E-state index is 17.6. The van der Waals surface area contributed by atoms with Crippen LogP contribution in [0.15, 0.2) is 24.5 Å². The summed E-state index contributed by atoms with van der Waals surface area (Å²) in [6, 6.07) is 1.47. The van der Waals surface area contributed by atoms with E-state index in [9.17, 15) is 22.8 Å². The van der Waals surface area contributed by atoms with Crippen molar-refractivity contribution >= 4 is 28.8 Å². The van der Waals surface area contributed by atoms with Gasteiger partial charge < -0.3 is 28.7 Å². The first-order valence-corrected chi connectivity index (χ1v) is 18.0. The number of hydrogen-bond acceptors (Lipinski definition) is 7. The van der Waals surface area contributed by atoms with E-state index in [4.69, 9.17) is 9.47 Å². The molecule has 2 N–H and O–H groups in total. The largest absolute Gasteiger partial charge is 0.573 e. The van der Waals surface area contributed by atoms with Crippen LogP contribution in [0.25, 0.3) is 33.7 Å². The third-order valence-corrected chi connectivity index (χ3v) is 9.67. The van der Waals surface area contributed by atoms with E-state index >= 15 is 8.78 Å². The van der Waals surface area contributed by atoms with Crippen LogP contribution >= 0.6 is 0 Å². The van der Waals surface area contributed by atoms with Gasteiger partial charge in [0.1, 0.15) is 16.9 Å². The van der Waals surface area contributed by atoms with Gasteiger partial charge in [-0.15, -0.1) is 13.2 Å². The number of nitrogens with zero attached hydrogens (tertiary/aromatic N) is 4. The monoisotopic (exact) mass is 758 g/mol. The van der Waals surface area contributed by atoms with Crippen LogP contribution in [0, 0.1) is 23.5 Å². The zero-order valence-corrected chi connectivity index (χ0v) is 31.2. The molecule has 4 aromatic rings. The molecule has 16 heteroatoms. The lowest BCUT2D eigenvalue weighted by molar-refractivity contribution is -0.275. The first-order valence-electron chi connectivity index (χ1n) is 18.0. The van der Waals surface area contributed by atoms with Gasteiger partial charge in [0.05, 0.1) is 22.5 Å². The predicted octanol–water partition coefficient (Wildman–Crippen LogP) is 9.66. The number of piperidine rings is 1. The van der Waals surface area contributed by atoms with Crippen molar-refractivity contribution in [2.24, 2.45) is 11.8 Å². The van der Waals surface area contributed by atoms with Gasteiger partial charge in [-0.25, -0.2) is 28.3 Å². The highest BCUT2D eigenvalue weighted by Gasteiger charge is 2.60. The Hall–Kier alpha value is -4.89. The molecule has 3 aromatic heterocycles. The third kappa shape index (κ3) is 7.18. The summed E-state index contributed by atoms with van der Waals surface area (Å²) < 4.78 is 91.6. The van der Waals surface area contributed by atoms with Gasteiger partial charge in [0, 0.05) is 48.7 Å². The summed E-state index contributed by atoms with van der Waals surface area (Å²) >= 11 is 0. The third-order valence-electron chi connectivity index (χ3n) is 9.67. The highest BCUT2D eigenvalue weighted by Crippen LogP contribution is 2.63. The molecule has 0 radical (unpaired) electrons. The highest BCUT2D eigenvalue weighted by atomic mass is 19.4. The number of likely N-dealkylation sites (tertiary alicyclic amines) is 1. The minimum absolute atomic E-state index is 0.0312. The Morgan fingerprint density at radius 1 is 0.981 bits per heavy atom. The second-order valence-electron chi connectivity index (χ2n) is 16.6. The lowest BCUT2D eigenvalue weighted by Crippen LogP contribution is -2.36. The Labute approximate surface area is 308 Å². The number of benzene rings is 1. The van der Waals surface area contributed by atoms with E-state index in [1.807, 2.05) is 18.4 Å². The maximum Gasteiger partial charge on any atom is 0.573 e. The van der Waals surface area contributed by atoms with Crippen LogP contribution in [0.4, 0.5) is 37.2 Å². The van der Waals surface area contributed by atoms with Crippen molar-refractivity contribution in [3.8, 4) is 28.5 Å². The summed E-state index contributed by atoms with van der Waals surface area (Å²) in [5, 5.41) is 2.84. The Morgan fingerprint density at radius 2 is 1.63 bits per heavy atom. The van der Waals surface area contributed by atoms with E-state index in [1.165, 1.54) is 0 Å². The maximum absolute atomic E-state index is 17.6. The van der Waals surface area contributed by atoms with E-state index in [0.717, 1.165) is 11.6 Å². The van der Waals surface area contributed by atoms with Crippen LogP contribution in [-0.2, 0) is 9.47 Å². The van der Waals surface area contributed by atoms with E-state index < -0.39 is 58.4 Å². The number of fused-ring (bicyclic) bond motifs is 2. The van der Waals surface area contributed by atoms with E-state index in [-0.39, 0.29) is 40.9 Å². The molecule has 290 valence electrons. The van der Waals surface area contributed by atoms with Gasteiger partial charge in [-0.3, -0.25) is 5.32 Å². The Bertz CT molecular complexity index is 2120. The van der Waals surface area contributed by atoms with Crippen LogP contribution < -0.4 is 10.1 Å². The molecule has 7 rings (SSSR count). The van der Waals surface area contributed by atoms with Gasteiger partial charge in [-0.1, -0.05) is 13.8 Å². The summed E-state index contributed by atoms with van der Waals surface area (Å²) in [6.45, 7) is 14.7. The summed E-state index contributed by atoms with van der Waals surface area (Å²) in [5.41, 5.74) is -1.23. The number of alkyl halides is 3. The van der Waals surface area contributed by atoms with Crippen molar-refractivity contribution < 1.29 is 45.8 Å². The van der Waals surface area contributed by atoms with Gasteiger partial charge in [-0.05, 0) is 89.7 Å². The normalized spacial score (nSPS) is 20.0. The minimum atomic E-state index is -5.35. The molecule has 0 bridgehead atoms. The number of anilines is 1. The molecular formula is C38H43F5N6O5. The molecule has 2 unspecified atom stereocenters. The Morgan fingerprint density at radius 3 is 2.17 bits per heavy atom. The fourth-order valence-electron chi connectivity index (χ4n) is 7.59. The molecule has 54 heavy (non-hydrogen) atoms. The number of nitrogens with one attached hydrogen (secondary N) is 2. The molecule has 3 fully saturated rings. The second kappa shape index (κ2) is 12.9. The lowest BCUT2D eigenvalue weighted by Gasteiger charge is -2.26. The molecule has 4 heterocycles. The first-order chi connectivity index (χ1) is 25.1. The molecule has 1 aliphatic heterocycles. The number of amides is 2. The number of carbonyl (C=O) groups excluding carboxylic acids is 2. The zero-order chi connectivity index (χ0) is 39.2. The fourth-order valence-corrected chi connectivity index (χ4v) is 7.59. The van der Waals surface area contributed by atoms with Crippen LogP contribution in [-0.4, -0.2) is 67.3 Å². The number of rotatable bonds is 7. The first kappa shape index (κ1) is 37.4. The smallest absolute Gasteiger partial charge is 0.444 e. The number of carbonyl (C=O) groups is 2. The average molecular weight is 759 g/mol. The molecule has 2 saturated carbocycles. The standard InChI is InChI=1S/C38H43F5N6O5/c1-17(2)28-26-25(24-21-15-48(16-22(21)24)35(51)54-37(6,7)8)31(33-44-11-12-45-33)49(19-9-10-19)30(26)27(40)29(47-28)20-13-18(46-34(50)53-36(3,4)5)14-23(39)32(20)52-38(41,42)43/h11-14,17,19,21-22,24H,9-10,15-16H2,1-8H3,(H,44,45)(H,46,50). The number of ether oxygens (including phenoxy) is 3. The molecule has 1 saturated heterocycles. The van der Waals surface area contributed by atoms with Gasteiger partial charge in [0.25, 0.3) is 0 Å². The highest BCUT2D eigenvalue weighted by molar-refractivity contribution is 5.98. The Kier molecular flexibility index (Phi) is 8.91. The number of imidazole rings is 1. The molecule has 2 aliphatic carbocycles. The fraction of sp³-hybridized carbons (Fsp3) is 0.526. The van der Waals surface area contributed by atoms with Gasteiger partial charge in [-0.2, -0.15) is 0 Å². The molecule has 2 amide bonds. The number of H-pyrrole nitrogens is 1. The van der Waals surface area contributed by atoms with Crippen molar-refractivity contribution in [2.75, 3.05) is 18.4 Å². The number of pyridine rings is 1. The summed E-state index contributed by atoms with van der Waals surface area (Å²) in [4.78, 5) is 39.7. The van der Waals surface area contributed by atoms with Crippen LogP contribution in [0.3, 0.4) is 0 Å². The number of aromatic amines is 1. The van der Waals surface area contributed by atoms with E-state index in [1.54, 1.807) is 58.8 Å². The lowest BCUT2D eigenvalue weighted by atomic mass is 9.95. The average Bonchev–Trinajstić information content (AvgIpc) is 3.76. The molecule has 2 atom stereocenters. The van der Waals surface area contributed by atoms with E-state index in [2.05, 4.69) is 25.0 Å². The van der Waals surface area contributed by atoms with Crippen molar-refractivity contribution in [3.05, 3.63) is 47.4 Å². The number of aromatic nitrogens is 4. The zero-order valence-electron chi connectivity index (χ0n) is 31.2. The van der Waals surface area contributed by atoms with Crippen molar-refractivity contribution in [3.63, 3.8) is 0 Å². The van der Waals surface area contributed by atoms with Gasteiger partial charge in [0.15, 0.2) is 23.2 Å². The summed E-state index contributed by atoms with van der Waals surface area (Å²) in [6.07, 6.45) is -2.10. The predicted molar refractivity (Wildman–Crippen MR) is 189 cm³/mol. The van der Waals surface area contributed by atoms with Crippen LogP contribution in [0.1, 0.15) is 97.4 Å². The summed E-state index contributed by atoms with van der Waals surface area (Å²) in [7, 11) is 0.